The molecule has 0 saturated carbocycles. The second kappa shape index (κ2) is 7.27. The van der Waals surface area contributed by atoms with Crippen LogP contribution in [0.5, 0.6) is 0 Å². The van der Waals surface area contributed by atoms with E-state index in [-0.39, 0.29) is 5.91 Å². The minimum atomic E-state index is -0.261. The van der Waals surface area contributed by atoms with Gasteiger partial charge in [0.15, 0.2) is 11.5 Å². The molecule has 1 aliphatic rings. The third-order valence-corrected chi connectivity index (χ3v) is 4.99. The molecule has 126 valence electrons. The lowest BCUT2D eigenvalue weighted by molar-refractivity contribution is 0.102. The summed E-state index contributed by atoms with van der Waals surface area (Å²) >= 11 is 3.46. The third kappa shape index (κ3) is 3.91. The van der Waals surface area contributed by atoms with Gasteiger partial charge in [-0.3, -0.25) is 4.79 Å². The number of aromatic nitrogens is 2. The third-order valence-electron chi connectivity index (χ3n) is 4.14. The summed E-state index contributed by atoms with van der Waals surface area (Å²) < 4.78 is 0.955. The van der Waals surface area contributed by atoms with Crippen LogP contribution in [0, 0.1) is 6.92 Å². The molecule has 1 aliphatic heterocycles. The normalized spacial score (nSPS) is 15.4. The molecule has 1 fully saturated rings. The molecule has 6 nitrogen and oxygen atoms in total. The highest BCUT2D eigenvalue weighted by atomic mass is 79.9. The van der Waals surface area contributed by atoms with E-state index in [1.807, 2.05) is 31.2 Å². The molecule has 0 spiro atoms. The lowest BCUT2D eigenvalue weighted by atomic mass is 10.2. The number of nitrogens with one attached hydrogen (secondary N) is 1. The molecular formula is C17H20BrN5O. The van der Waals surface area contributed by atoms with Gasteiger partial charge in [-0.25, -0.2) is 0 Å². The number of hydrogen-bond donors (Lipinski definition) is 1. The molecule has 3 rings (SSSR count). The number of benzene rings is 1. The van der Waals surface area contributed by atoms with E-state index in [1.54, 1.807) is 6.07 Å². The predicted molar refractivity (Wildman–Crippen MR) is 98.6 cm³/mol. The van der Waals surface area contributed by atoms with Gasteiger partial charge in [0.1, 0.15) is 0 Å². The fraction of sp³-hybridized carbons (Fsp3) is 0.353. The van der Waals surface area contributed by atoms with Gasteiger partial charge in [0.2, 0.25) is 0 Å². The van der Waals surface area contributed by atoms with E-state index in [2.05, 4.69) is 48.3 Å². The Kier molecular flexibility index (Phi) is 5.11. The molecule has 0 radical (unpaired) electrons. The molecule has 1 aromatic carbocycles. The zero-order chi connectivity index (χ0) is 17.1. The number of carbonyl (C=O) groups is 1. The minimum absolute atomic E-state index is 0.261. The summed E-state index contributed by atoms with van der Waals surface area (Å²) in [4.78, 5) is 16.8. The van der Waals surface area contributed by atoms with Crippen molar-refractivity contribution >= 4 is 33.3 Å². The van der Waals surface area contributed by atoms with E-state index in [0.29, 0.717) is 5.69 Å². The average Bonchev–Trinajstić information content (AvgIpc) is 2.59. The van der Waals surface area contributed by atoms with Gasteiger partial charge >= 0.3 is 0 Å². The van der Waals surface area contributed by atoms with Crippen molar-refractivity contribution in [3.63, 3.8) is 0 Å². The van der Waals surface area contributed by atoms with Crippen molar-refractivity contribution in [2.24, 2.45) is 0 Å². The SMILES string of the molecule is Cc1ccc(NC(=O)c2ccc(N3CCN(C)CC3)nn2)cc1Br. The van der Waals surface area contributed by atoms with Gasteiger partial charge in [-0.1, -0.05) is 22.0 Å². The first-order chi connectivity index (χ1) is 11.5. The summed E-state index contributed by atoms with van der Waals surface area (Å²) in [6.45, 7) is 5.86. The topological polar surface area (TPSA) is 61.4 Å². The van der Waals surface area contributed by atoms with E-state index >= 15 is 0 Å². The summed E-state index contributed by atoms with van der Waals surface area (Å²) in [6.07, 6.45) is 0. The van der Waals surface area contributed by atoms with Gasteiger partial charge < -0.3 is 15.1 Å². The van der Waals surface area contributed by atoms with Gasteiger partial charge in [-0.15, -0.1) is 10.2 Å². The van der Waals surface area contributed by atoms with Crippen LogP contribution in [-0.2, 0) is 0 Å². The number of anilines is 2. The average molecular weight is 390 g/mol. The molecule has 0 atom stereocenters. The molecule has 1 amide bonds. The molecule has 1 N–H and O–H groups in total. The molecule has 2 heterocycles. The van der Waals surface area contributed by atoms with Gasteiger partial charge in [-0.05, 0) is 43.8 Å². The van der Waals surface area contributed by atoms with Crippen molar-refractivity contribution in [1.82, 2.24) is 15.1 Å². The maximum absolute atomic E-state index is 12.3. The summed E-state index contributed by atoms with van der Waals surface area (Å²) in [7, 11) is 2.11. The number of aryl methyl sites for hydroxylation is 1. The quantitative estimate of drug-likeness (QED) is 0.873. The van der Waals surface area contributed by atoms with Crippen molar-refractivity contribution in [1.29, 1.82) is 0 Å². The van der Waals surface area contributed by atoms with Crippen molar-refractivity contribution < 1.29 is 4.79 Å². The summed E-state index contributed by atoms with van der Waals surface area (Å²) in [6, 6.07) is 9.27. The lowest BCUT2D eigenvalue weighted by Gasteiger charge is -2.32. The number of amides is 1. The zero-order valence-corrected chi connectivity index (χ0v) is 15.4. The Bertz CT molecular complexity index is 726. The molecule has 7 heteroatoms. The van der Waals surface area contributed by atoms with E-state index in [0.717, 1.165) is 47.7 Å². The molecule has 2 aromatic rings. The van der Waals surface area contributed by atoms with Crippen molar-refractivity contribution in [2.45, 2.75) is 6.92 Å². The second-order valence-corrected chi connectivity index (χ2v) is 6.84. The largest absolute Gasteiger partial charge is 0.353 e. The summed E-state index contributed by atoms with van der Waals surface area (Å²) in [5, 5.41) is 11.1. The van der Waals surface area contributed by atoms with Gasteiger partial charge in [0.05, 0.1) is 0 Å². The molecule has 1 saturated heterocycles. The monoisotopic (exact) mass is 389 g/mol. The Morgan fingerprint density at radius 1 is 1.12 bits per heavy atom. The van der Waals surface area contributed by atoms with E-state index in [1.165, 1.54) is 0 Å². The van der Waals surface area contributed by atoms with Gasteiger partial charge in [0.25, 0.3) is 5.91 Å². The first kappa shape index (κ1) is 16.9. The zero-order valence-electron chi connectivity index (χ0n) is 13.8. The lowest BCUT2D eigenvalue weighted by Crippen LogP contribution is -2.44. The van der Waals surface area contributed by atoms with Crippen LogP contribution in [-0.4, -0.2) is 54.2 Å². The molecule has 24 heavy (non-hydrogen) atoms. The first-order valence-corrected chi connectivity index (χ1v) is 8.67. The highest BCUT2D eigenvalue weighted by molar-refractivity contribution is 9.10. The van der Waals surface area contributed by atoms with E-state index < -0.39 is 0 Å². The summed E-state index contributed by atoms with van der Waals surface area (Å²) in [5.74, 6) is 0.556. The minimum Gasteiger partial charge on any atom is -0.353 e. The number of piperazine rings is 1. The highest BCUT2D eigenvalue weighted by Crippen LogP contribution is 2.21. The van der Waals surface area contributed by atoms with Crippen LogP contribution in [0.15, 0.2) is 34.8 Å². The smallest absolute Gasteiger partial charge is 0.276 e. The van der Waals surface area contributed by atoms with Crippen LogP contribution in [0.3, 0.4) is 0 Å². The van der Waals surface area contributed by atoms with Crippen LogP contribution >= 0.6 is 15.9 Å². The second-order valence-electron chi connectivity index (χ2n) is 5.99. The molecule has 0 bridgehead atoms. The fourth-order valence-electron chi connectivity index (χ4n) is 2.52. The number of halogens is 1. The summed E-state index contributed by atoms with van der Waals surface area (Å²) in [5.41, 5.74) is 2.15. The molecule has 0 unspecified atom stereocenters. The Balaban J connectivity index is 1.66. The van der Waals surface area contributed by atoms with E-state index in [4.69, 9.17) is 0 Å². The Hall–Kier alpha value is -1.99. The Morgan fingerprint density at radius 2 is 1.88 bits per heavy atom. The Labute approximate surface area is 150 Å². The number of nitrogens with zero attached hydrogens (tertiary/aromatic N) is 4. The van der Waals surface area contributed by atoms with Crippen LogP contribution < -0.4 is 10.2 Å². The van der Waals surface area contributed by atoms with Crippen molar-refractivity contribution in [3.05, 3.63) is 46.1 Å². The first-order valence-electron chi connectivity index (χ1n) is 7.87. The van der Waals surface area contributed by atoms with Crippen LogP contribution in [0.2, 0.25) is 0 Å². The maximum Gasteiger partial charge on any atom is 0.276 e. The Morgan fingerprint density at radius 3 is 2.50 bits per heavy atom. The molecule has 1 aromatic heterocycles. The maximum atomic E-state index is 12.3. The number of likely N-dealkylation sites (N-methyl/N-ethyl adjacent to an activating group) is 1. The van der Waals surface area contributed by atoms with Crippen LogP contribution in [0.4, 0.5) is 11.5 Å². The highest BCUT2D eigenvalue weighted by Gasteiger charge is 2.16. The number of hydrogen-bond acceptors (Lipinski definition) is 5. The fourth-order valence-corrected chi connectivity index (χ4v) is 2.90. The van der Waals surface area contributed by atoms with Crippen LogP contribution in [0.25, 0.3) is 0 Å². The van der Waals surface area contributed by atoms with Gasteiger partial charge in [0, 0.05) is 36.3 Å². The number of carbonyl (C=O) groups excluding carboxylic acids is 1. The van der Waals surface area contributed by atoms with E-state index in [9.17, 15) is 4.79 Å². The predicted octanol–water partition coefficient (Wildman–Crippen LogP) is 2.55. The molecular weight excluding hydrogens is 370 g/mol. The van der Waals surface area contributed by atoms with Crippen molar-refractivity contribution in [3.8, 4) is 0 Å². The standard InChI is InChI=1S/C17H20BrN5O/c1-12-3-4-13(11-14(12)18)19-17(24)15-5-6-16(21-20-15)23-9-7-22(2)8-10-23/h3-6,11H,7-10H2,1-2H3,(H,19,24). The van der Waals surface area contributed by atoms with Gasteiger partial charge in [-0.2, -0.15) is 0 Å². The van der Waals surface area contributed by atoms with Crippen LogP contribution in [0.1, 0.15) is 16.1 Å². The number of rotatable bonds is 3. The van der Waals surface area contributed by atoms with Crippen molar-refractivity contribution in [2.75, 3.05) is 43.4 Å². The molecule has 0 aliphatic carbocycles.